The van der Waals surface area contributed by atoms with Crippen molar-refractivity contribution in [1.82, 2.24) is 9.78 Å². The zero-order valence-electron chi connectivity index (χ0n) is 10.8. The molecule has 0 bridgehead atoms. The molecule has 1 heterocycles. The van der Waals surface area contributed by atoms with Crippen molar-refractivity contribution in [2.45, 2.75) is 33.2 Å². The van der Waals surface area contributed by atoms with E-state index in [1.807, 2.05) is 13.8 Å². The van der Waals surface area contributed by atoms with Gasteiger partial charge in [0, 0.05) is 18.7 Å². The van der Waals surface area contributed by atoms with Gasteiger partial charge in [-0.15, -0.1) is 0 Å². The molecule has 1 atom stereocenters. The molecule has 6 nitrogen and oxygen atoms in total. The Kier molecular flexibility index (Phi) is 4.88. The number of carboxylic acid groups (broad SMARTS) is 1. The van der Waals surface area contributed by atoms with Gasteiger partial charge in [0.2, 0.25) is 0 Å². The number of aromatic nitrogens is 2. The Balaban J connectivity index is 2.77. The number of rotatable bonds is 6. The second-order valence-corrected chi connectivity index (χ2v) is 4.23. The van der Waals surface area contributed by atoms with E-state index in [-0.39, 0.29) is 19.1 Å². The van der Waals surface area contributed by atoms with Gasteiger partial charge in [0.25, 0.3) is 0 Å². The Morgan fingerprint density at radius 2 is 2.17 bits per heavy atom. The van der Waals surface area contributed by atoms with E-state index >= 15 is 0 Å². The number of hydrogen-bond donors (Lipinski definition) is 1. The number of nitrogens with zero attached hydrogens (tertiary/aromatic N) is 2. The minimum absolute atomic E-state index is 0.0495. The molecule has 0 amide bonds. The highest BCUT2D eigenvalue weighted by Gasteiger charge is 2.28. The molecule has 0 saturated heterocycles. The normalized spacial score (nSPS) is 12.4. The van der Waals surface area contributed by atoms with E-state index in [1.165, 1.54) is 0 Å². The molecule has 18 heavy (non-hydrogen) atoms. The van der Waals surface area contributed by atoms with Crippen LogP contribution in [0.4, 0.5) is 0 Å². The molecule has 1 unspecified atom stereocenters. The average molecular weight is 254 g/mol. The molecule has 1 aromatic heterocycles. The summed E-state index contributed by atoms with van der Waals surface area (Å²) in [7, 11) is 0. The van der Waals surface area contributed by atoms with E-state index < -0.39 is 17.9 Å². The van der Waals surface area contributed by atoms with Crippen LogP contribution in [0.3, 0.4) is 0 Å². The highest BCUT2D eigenvalue weighted by atomic mass is 16.5. The summed E-state index contributed by atoms with van der Waals surface area (Å²) >= 11 is 0. The Hall–Kier alpha value is -1.85. The van der Waals surface area contributed by atoms with Crippen molar-refractivity contribution in [2.75, 3.05) is 6.61 Å². The van der Waals surface area contributed by atoms with Crippen molar-refractivity contribution < 1.29 is 19.4 Å². The lowest BCUT2D eigenvalue weighted by Gasteiger charge is -2.09. The zero-order chi connectivity index (χ0) is 13.7. The SMILES string of the molecule is CCOC(=O)C(Cc1ccn(C(C)C)n1)C(=O)O. The first kappa shape index (κ1) is 14.2. The maximum atomic E-state index is 11.5. The quantitative estimate of drug-likeness (QED) is 0.610. The van der Waals surface area contributed by atoms with Gasteiger partial charge in [-0.1, -0.05) is 0 Å². The summed E-state index contributed by atoms with van der Waals surface area (Å²) in [5.41, 5.74) is 0.573. The molecule has 0 aliphatic carbocycles. The fourth-order valence-corrected chi connectivity index (χ4v) is 1.50. The van der Waals surface area contributed by atoms with Crippen LogP contribution in [0.15, 0.2) is 12.3 Å². The number of carbonyl (C=O) groups excluding carboxylic acids is 1. The van der Waals surface area contributed by atoms with Gasteiger partial charge in [-0.3, -0.25) is 14.3 Å². The molecule has 100 valence electrons. The predicted octanol–water partition coefficient (Wildman–Crippen LogP) is 1.27. The monoisotopic (exact) mass is 254 g/mol. The van der Waals surface area contributed by atoms with Crippen LogP contribution in [0.25, 0.3) is 0 Å². The Labute approximate surface area is 106 Å². The Bertz CT molecular complexity index is 425. The van der Waals surface area contributed by atoms with E-state index in [0.717, 1.165) is 0 Å². The third kappa shape index (κ3) is 3.58. The van der Waals surface area contributed by atoms with Crippen LogP contribution in [-0.4, -0.2) is 33.4 Å². The predicted molar refractivity (Wildman–Crippen MR) is 64.1 cm³/mol. The van der Waals surface area contributed by atoms with Crippen molar-refractivity contribution in [3.05, 3.63) is 18.0 Å². The van der Waals surface area contributed by atoms with Gasteiger partial charge in [-0.2, -0.15) is 5.10 Å². The van der Waals surface area contributed by atoms with Gasteiger partial charge in [-0.25, -0.2) is 0 Å². The van der Waals surface area contributed by atoms with Gasteiger partial charge >= 0.3 is 11.9 Å². The van der Waals surface area contributed by atoms with E-state index in [1.54, 1.807) is 23.9 Å². The van der Waals surface area contributed by atoms with Gasteiger partial charge in [0.1, 0.15) is 0 Å². The second kappa shape index (κ2) is 6.18. The minimum Gasteiger partial charge on any atom is -0.481 e. The lowest BCUT2D eigenvalue weighted by atomic mass is 10.0. The molecule has 6 heteroatoms. The summed E-state index contributed by atoms with van der Waals surface area (Å²) in [6.07, 6.45) is 1.82. The molecule has 1 N–H and O–H groups in total. The third-order valence-corrected chi connectivity index (χ3v) is 2.48. The number of esters is 1. The number of aliphatic carboxylic acids is 1. The van der Waals surface area contributed by atoms with Crippen molar-refractivity contribution in [3.63, 3.8) is 0 Å². The van der Waals surface area contributed by atoms with Crippen LogP contribution in [0.1, 0.15) is 32.5 Å². The van der Waals surface area contributed by atoms with E-state index in [4.69, 9.17) is 9.84 Å². The van der Waals surface area contributed by atoms with Crippen molar-refractivity contribution >= 4 is 11.9 Å². The molecular formula is C12H18N2O4. The molecular weight excluding hydrogens is 236 g/mol. The molecule has 0 fully saturated rings. The molecule has 0 aliphatic heterocycles. The number of carbonyl (C=O) groups is 2. The van der Waals surface area contributed by atoms with Crippen LogP contribution in [0.5, 0.6) is 0 Å². The molecule has 1 aromatic rings. The fraction of sp³-hybridized carbons (Fsp3) is 0.583. The van der Waals surface area contributed by atoms with Crippen LogP contribution < -0.4 is 0 Å². The maximum Gasteiger partial charge on any atom is 0.320 e. The topological polar surface area (TPSA) is 81.4 Å². The largest absolute Gasteiger partial charge is 0.481 e. The first-order valence-electron chi connectivity index (χ1n) is 5.89. The minimum atomic E-state index is -1.19. The van der Waals surface area contributed by atoms with Gasteiger partial charge < -0.3 is 9.84 Å². The fourth-order valence-electron chi connectivity index (χ4n) is 1.50. The van der Waals surface area contributed by atoms with Gasteiger partial charge in [-0.05, 0) is 26.8 Å². The van der Waals surface area contributed by atoms with E-state index in [0.29, 0.717) is 5.69 Å². The number of hydrogen-bond acceptors (Lipinski definition) is 4. The summed E-state index contributed by atoms with van der Waals surface area (Å²) in [4.78, 5) is 22.5. The molecule has 0 aromatic carbocycles. The summed E-state index contributed by atoms with van der Waals surface area (Å²) < 4.78 is 6.46. The zero-order valence-corrected chi connectivity index (χ0v) is 10.8. The first-order valence-corrected chi connectivity index (χ1v) is 5.89. The standard InChI is InChI=1S/C12H18N2O4/c1-4-18-12(17)10(11(15)16)7-9-5-6-14(13-9)8(2)3/h5-6,8,10H,4,7H2,1-3H3,(H,15,16). The summed E-state index contributed by atoms with van der Waals surface area (Å²) in [6.45, 7) is 5.75. The molecule has 0 spiro atoms. The van der Waals surface area contributed by atoms with Crippen molar-refractivity contribution in [3.8, 4) is 0 Å². The number of carboxylic acids is 1. The highest BCUT2D eigenvalue weighted by molar-refractivity contribution is 5.94. The van der Waals surface area contributed by atoms with Crippen molar-refractivity contribution in [1.29, 1.82) is 0 Å². The Morgan fingerprint density at radius 3 is 2.61 bits per heavy atom. The second-order valence-electron chi connectivity index (χ2n) is 4.23. The molecule has 1 rings (SSSR count). The Morgan fingerprint density at radius 1 is 1.50 bits per heavy atom. The summed E-state index contributed by atoms with van der Waals surface area (Å²) in [6, 6.07) is 1.92. The molecule has 0 saturated carbocycles. The van der Waals surface area contributed by atoms with E-state index in [9.17, 15) is 9.59 Å². The average Bonchev–Trinajstić information content (AvgIpc) is 2.74. The molecule has 0 radical (unpaired) electrons. The lowest BCUT2D eigenvalue weighted by Crippen LogP contribution is -2.28. The lowest BCUT2D eigenvalue weighted by molar-refractivity contribution is -0.158. The van der Waals surface area contributed by atoms with Crippen LogP contribution in [0.2, 0.25) is 0 Å². The molecule has 0 aliphatic rings. The number of ether oxygens (including phenoxy) is 1. The van der Waals surface area contributed by atoms with E-state index in [2.05, 4.69) is 5.10 Å². The highest BCUT2D eigenvalue weighted by Crippen LogP contribution is 2.11. The van der Waals surface area contributed by atoms with Crippen LogP contribution >= 0.6 is 0 Å². The van der Waals surface area contributed by atoms with Crippen molar-refractivity contribution in [2.24, 2.45) is 5.92 Å². The van der Waals surface area contributed by atoms with Gasteiger partial charge in [0.05, 0.1) is 12.3 Å². The summed E-state index contributed by atoms with van der Waals surface area (Å²) in [5, 5.41) is 13.2. The van der Waals surface area contributed by atoms with Gasteiger partial charge in [0.15, 0.2) is 5.92 Å². The van der Waals surface area contributed by atoms with Crippen LogP contribution in [-0.2, 0) is 20.7 Å². The van der Waals surface area contributed by atoms with Crippen LogP contribution in [0, 0.1) is 5.92 Å². The smallest absolute Gasteiger partial charge is 0.320 e. The third-order valence-electron chi connectivity index (χ3n) is 2.48. The maximum absolute atomic E-state index is 11.5. The summed E-state index contributed by atoms with van der Waals surface area (Å²) in [5.74, 6) is -3.10. The first-order chi connectivity index (χ1) is 8.45.